The zero-order valence-electron chi connectivity index (χ0n) is 33.4. The number of nitrogens with zero attached hydrogens (tertiary/aromatic N) is 3. The largest absolute Gasteiger partial charge is 0.492 e. The van der Waals surface area contributed by atoms with Crippen molar-refractivity contribution in [1.29, 1.82) is 0 Å². The lowest BCUT2D eigenvalue weighted by Gasteiger charge is -2.62. The highest BCUT2D eigenvalue weighted by atomic mass is 19.1. The Hall–Kier alpha value is -4.47. The van der Waals surface area contributed by atoms with Crippen LogP contribution >= 0.6 is 0 Å². The summed E-state index contributed by atoms with van der Waals surface area (Å²) in [6.07, 6.45) is 6.62. The number of ketones is 2. The van der Waals surface area contributed by atoms with Crippen molar-refractivity contribution in [3.05, 3.63) is 57.7 Å². The quantitative estimate of drug-likeness (QED) is 0.309. The zero-order chi connectivity index (χ0) is 41.9. The molecular formula is C43H51F2N3O10. The average Bonchev–Trinajstić information content (AvgIpc) is 3.99. The number of benzene rings is 1. The topological polar surface area (TPSA) is 176 Å². The summed E-state index contributed by atoms with van der Waals surface area (Å²) >= 11 is 0. The standard InChI is InChI=1S/C43H51F2N3O10/c1-22-14-30-29-9-6-24-15-26(49)10-11-40(24,3)42(29,45)32(50)17-41(30,4)43(22,56)33(51)21-58-34(52)20-46-12-13-47(18-23(46)2)36-31(44)16-27-35(38(36)57-5)48(25-7-8-25)19-28(37(27)53)39(54)55/h10-11,15-16,19,22-23,25,29-30,32,50,56H,6-9,12-14,17-18,20-21H2,1-5H3,(H,54,55)/t22-,23?,29+,30+,32+,40+,41+,42+,43+/m0/s1. The molecule has 1 aromatic carbocycles. The van der Waals surface area contributed by atoms with E-state index in [9.17, 15) is 39.3 Å². The van der Waals surface area contributed by atoms with Crippen LogP contribution in [0.15, 0.2) is 40.9 Å². The number of Topliss-reactive ketones (excluding diaryl/α,β-unsaturated/α-hetero) is 1. The number of ether oxygens (including phenoxy) is 2. The van der Waals surface area contributed by atoms with Crippen LogP contribution in [0.4, 0.5) is 14.5 Å². The number of allylic oxidation sites excluding steroid dienone is 4. The molecule has 1 saturated heterocycles. The van der Waals surface area contributed by atoms with Crippen LogP contribution in [-0.4, -0.2) is 112 Å². The van der Waals surface area contributed by atoms with Gasteiger partial charge in [-0.1, -0.05) is 25.5 Å². The van der Waals surface area contributed by atoms with Crippen LogP contribution in [0.25, 0.3) is 10.9 Å². The van der Waals surface area contributed by atoms with E-state index in [1.165, 1.54) is 25.5 Å². The van der Waals surface area contributed by atoms with Gasteiger partial charge in [0.25, 0.3) is 0 Å². The summed E-state index contributed by atoms with van der Waals surface area (Å²) < 4.78 is 46.4. The molecule has 2 aromatic rings. The van der Waals surface area contributed by atoms with E-state index in [1.807, 2.05) is 11.8 Å². The number of fused-ring (bicyclic) bond motifs is 6. The highest BCUT2D eigenvalue weighted by Gasteiger charge is 2.75. The summed E-state index contributed by atoms with van der Waals surface area (Å²) in [6.45, 7) is 6.93. The van der Waals surface area contributed by atoms with E-state index in [1.54, 1.807) is 36.3 Å². The fourth-order valence-corrected chi connectivity index (χ4v) is 11.8. The van der Waals surface area contributed by atoms with Crippen LogP contribution in [0.1, 0.15) is 82.6 Å². The minimum absolute atomic E-state index is 0.0533. The number of aliphatic hydroxyl groups excluding tert-OH is 1. The minimum Gasteiger partial charge on any atom is -0.492 e. The van der Waals surface area contributed by atoms with Gasteiger partial charge in [-0.3, -0.25) is 24.1 Å². The second kappa shape index (κ2) is 13.8. The third-order valence-electron chi connectivity index (χ3n) is 15.0. The maximum absolute atomic E-state index is 17.5. The molecule has 312 valence electrons. The van der Waals surface area contributed by atoms with Gasteiger partial charge in [0.15, 0.2) is 29.6 Å². The first-order chi connectivity index (χ1) is 27.3. The lowest BCUT2D eigenvalue weighted by atomic mass is 9.44. The first-order valence-electron chi connectivity index (χ1n) is 20.2. The number of carboxylic acids is 1. The van der Waals surface area contributed by atoms with Crippen molar-refractivity contribution >= 4 is 40.1 Å². The fourth-order valence-electron chi connectivity index (χ4n) is 11.8. The number of aromatic nitrogens is 1. The molecule has 9 atom stereocenters. The number of carbonyl (C=O) groups is 4. The molecule has 8 rings (SSSR count). The smallest absolute Gasteiger partial charge is 0.341 e. The third kappa shape index (κ3) is 5.66. The lowest BCUT2D eigenvalue weighted by Crippen LogP contribution is -2.69. The first-order valence-corrected chi connectivity index (χ1v) is 20.2. The van der Waals surface area contributed by atoms with Crippen molar-refractivity contribution in [2.75, 3.05) is 44.8 Å². The molecule has 1 aliphatic heterocycles. The molecule has 0 spiro atoms. The van der Waals surface area contributed by atoms with Gasteiger partial charge in [0.1, 0.15) is 16.9 Å². The van der Waals surface area contributed by atoms with Crippen molar-refractivity contribution in [3.63, 3.8) is 0 Å². The summed E-state index contributed by atoms with van der Waals surface area (Å²) in [4.78, 5) is 68.1. The van der Waals surface area contributed by atoms with Crippen molar-refractivity contribution in [2.24, 2.45) is 28.6 Å². The maximum atomic E-state index is 17.5. The van der Waals surface area contributed by atoms with Crippen LogP contribution in [0.2, 0.25) is 0 Å². The number of pyridine rings is 1. The summed E-state index contributed by atoms with van der Waals surface area (Å²) in [5, 5.41) is 33.5. The first kappa shape index (κ1) is 40.3. The van der Waals surface area contributed by atoms with Gasteiger partial charge < -0.3 is 34.3 Å². The molecule has 3 N–H and O–H groups in total. The van der Waals surface area contributed by atoms with Crippen LogP contribution < -0.4 is 15.1 Å². The summed E-state index contributed by atoms with van der Waals surface area (Å²) in [5.74, 6) is -5.42. The molecule has 2 heterocycles. The van der Waals surface area contributed by atoms with Crippen molar-refractivity contribution in [2.45, 2.75) is 95.7 Å². The second-order valence-corrected chi connectivity index (χ2v) is 18.0. The predicted molar refractivity (Wildman–Crippen MR) is 207 cm³/mol. The molecule has 0 amide bonds. The summed E-state index contributed by atoms with van der Waals surface area (Å²) in [5.41, 5.74) is -6.70. The molecule has 15 heteroatoms. The Morgan fingerprint density at radius 3 is 2.45 bits per heavy atom. The number of carbonyl (C=O) groups excluding carboxylic acids is 3. The van der Waals surface area contributed by atoms with Gasteiger partial charge in [0.2, 0.25) is 11.2 Å². The van der Waals surface area contributed by atoms with E-state index in [0.29, 0.717) is 36.9 Å². The number of halogens is 2. The SMILES string of the molecule is COc1c(N2CCN(CC(=O)OCC(=O)[C@]3(O)[C@@H](C)C[C@@H]4[C@H]5CCC6=CC(=O)C=C[C@@]6(C)[C@]5(F)[C@H](O)C[C@]43C)C(C)C2)c(F)cc2c(=O)c(C(=O)O)cn(C3CC3)c12. The van der Waals surface area contributed by atoms with E-state index in [0.717, 1.165) is 18.9 Å². The summed E-state index contributed by atoms with van der Waals surface area (Å²) in [6, 6.07) is 0.697. The number of rotatable bonds is 9. The molecule has 13 nitrogen and oxygen atoms in total. The molecule has 6 aliphatic rings. The molecule has 5 aliphatic carbocycles. The predicted octanol–water partition coefficient (Wildman–Crippen LogP) is 4.15. The zero-order valence-corrected chi connectivity index (χ0v) is 33.4. The lowest BCUT2D eigenvalue weighted by molar-refractivity contribution is -0.220. The van der Waals surface area contributed by atoms with Crippen molar-refractivity contribution in [3.8, 4) is 5.75 Å². The monoisotopic (exact) mass is 807 g/mol. The van der Waals surface area contributed by atoms with E-state index >= 15 is 8.78 Å². The molecule has 0 bridgehead atoms. The highest BCUT2D eigenvalue weighted by molar-refractivity contribution is 6.01. The van der Waals surface area contributed by atoms with Gasteiger partial charge in [-0.05, 0) is 82.4 Å². The molecule has 58 heavy (non-hydrogen) atoms. The van der Waals surface area contributed by atoms with Crippen LogP contribution in [0, 0.1) is 34.4 Å². The van der Waals surface area contributed by atoms with Gasteiger partial charge in [-0.2, -0.15) is 0 Å². The van der Waals surface area contributed by atoms with Gasteiger partial charge in [-0.15, -0.1) is 0 Å². The Kier molecular flexibility index (Phi) is 9.59. The third-order valence-corrected chi connectivity index (χ3v) is 15.0. The Morgan fingerprint density at radius 2 is 1.79 bits per heavy atom. The Labute approximate surface area is 334 Å². The Morgan fingerprint density at radius 1 is 1.07 bits per heavy atom. The van der Waals surface area contributed by atoms with Crippen molar-refractivity contribution in [1.82, 2.24) is 9.47 Å². The number of esters is 1. The minimum atomic E-state index is -2.12. The molecule has 4 saturated carbocycles. The number of aliphatic hydroxyl groups is 2. The van der Waals surface area contributed by atoms with Gasteiger partial charge in [0.05, 0.1) is 30.7 Å². The van der Waals surface area contributed by atoms with Gasteiger partial charge in [0, 0.05) is 54.7 Å². The number of methoxy groups -OCH3 is 1. The number of hydrogen-bond acceptors (Lipinski definition) is 11. The normalized spacial score (nSPS) is 35.9. The molecular weight excluding hydrogens is 756 g/mol. The average molecular weight is 808 g/mol. The van der Waals surface area contributed by atoms with E-state index in [4.69, 9.17) is 9.47 Å². The number of anilines is 1. The van der Waals surface area contributed by atoms with E-state index < -0.39 is 87.1 Å². The highest BCUT2D eigenvalue weighted by Crippen LogP contribution is 2.70. The van der Waals surface area contributed by atoms with Crippen LogP contribution in [-0.2, 0) is 19.1 Å². The second-order valence-electron chi connectivity index (χ2n) is 18.0. The number of aromatic carboxylic acids is 1. The van der Waals surface area contributed by atoms with E-state index in [2.05, 4.69) is 0 Å². The molecule has 1 unspecified atom stereocenters. The van der Waals surface area contributed by atoms with Crippen LogP contribution in [0.5, 0.6) is 5.75 Å². The molecule has 0 radical (unpaired) electrons. The van der Waals surface area contributed by atoms with E-state index in [-0.39, 0.29) is 60.7 Å². The van der Waals surface area contributed by atoms with Gasteiger partial charge in [-0.25, -0.2) is 13.6 Å². The van der Waals surface area contributed by atoms with Crippen molar-refractivity contribution < 1.29 is 52.8 Å². The number of alkyl halides is 1. The number of carboxylic acid groups (broad SMARTS) is 1. The number of hydrogen-bond donors (Lipinski definition) is 3. The number of piperazine rings is 1. The molecule has 5 fully saturated rings. The molecule has 1 aromatic heterocycles. The fraction of sp³-hybridized carbons (Fsp3) is 0.605. The maximum Gasteiger partial charge on any atom is 0.341 e. The Balaban J connectivity index is 0.947. The van der Waals surface area contributed by atoms with Gasteiger partial charge >= 0.3 is 11.9 Å². The summed E-state index contributed by atoms with van der Waals surface area (Å²) in [7, 11) is 1.37. The van der Waals surface area contributed by atoms with Crippen LogP contribution in [0.3, 0.4) is 0 Å². The Bertz CT molecular complexity index is 2250.